The maximum absolute atomic E-state index is 14.3. The number of hydrogen-bond acceptors (Lipinski definition) is 3. The molecule has 2 aromatic rings. The Hall–Kier alpha value is -1.68. The molecule has 1 heterocycles. The third-order valence-electron chi connectivity index (χ3n) is 4.22. The van der Waals surface area contributed by atoms with Gasteiger partial charge in [0.05, 0.1) is 6.61 Å². The summed E-state index contributed by atoms with van der Waals surface area (Å²) in [5, 5.41) is 13.7. The van der Waals surface area contributed by atoms with Crippen molar-refractivity contribution >= 4 is 0 Å². The fourth-order valence-corrected chi connectivity index (χ4v) is 2.86. The summed E-state index contributed by atoms with van der Waals surface area (Å²) in [4.78, 5) is 0. The van der Waals surface area contributed by atoms with Crippen LogP contribution in [0.5, 0.6) is 0 Å². The van der Waals surface area contributed by atoms with Gasteiger partial charge in [0.2, 0.25) is 0 Å². The molecule has 0 amide bonds. The van der Waals surface area contributed by atoms with E-state index >= 15 is 0 Å². The normalized spacial score (nSPS) is 18.5. The number of aliphatic hydroxyl groups excluding tert-OH is 1. The molecule has 0 atom stereocenters. The molecule has 2 aliphatic carbocycles. The first-order valence-electron chi connectivity index (χ1n) is 7.17. The lowest BCUT2D eigenvalue weighted by molar-refractivity contribution is 0.277. The van der Waals surface area contributed by atoms with Crippen LogP contribution in [0.4, 0.5) is 4.39 Å². The number of hydrogen-bond donors (Lipinski definition) is 1. The van der Waals surface area contributed by atoms with Crippen LogP contribution in [0, 0.1) is 5.82 Å². The molecular formula is C16H16FNO2. The topological polar surface area (TPSA) is 46.3 Å². The van der Waals surface area contributed by atoms with Crippen molar-refractivity contribution in [1.29, 1.82) is 0 Å². The van der Waals surface area contributed by atoms with Crippen molar-refractivity contribution in [3.05, 3.63) is 40.9 Å². The highest BCUT2D eigenvalue weighted by Gasteiger charge is 2.35. The summed E-state index contributed by atoms with van der Waals surface area (Å²) in [7, 11) is 0. The molecule has 20 heavy (non-hydrogen) atoms. The zero-order valence-corrected chi connectivity index (χ0v) is 11.1. The Kier molecular flexibility index (Phi) is 2.67. The van der Waals surface area contributed by atoms with Gasteiger partial charge in [-0.05, 0) is 43.2 Å². The predicted octanol–water partition coefficient (Wildman–Crippen LogP) is 3.73. The lowest BCUT2D eigenvalue weighted by Crippen LogP contribution is -1.96. The van der Waals surface area contributed by atoms with Crippen LogP contribution in [0.15, 0.2) is 22.7 Å². The van der Waals surface area contributed by atoms with Gasteiger partial charge in [-0.25, -0.2) is 4.39 Å². The van der Waals surface area contributed by atoms with E-state index in [1.54, 1.807) is 6.07 Å². The van der Waals surface area contributed by atoms with Crippen LogP contribution in [-0.2, 0) is 6.61 Å². The van der Waals surface area contributed by atoms with Crippen LogP contribution in [0.25, 0.3) is 11.3 Å². The summed E-state index contributed by atoms with van der Waals surface area (Å²) in [5.41, 5.74) is 2.68. The highest BCUT2D eigenvalue weighted by molar-refractivity contribution is 5.69. The van der Waals surface area contributed by atoms with Crippen LogP contribution in [-0.4, -0.2) is 10.3 Å². The fourth-order valence-electron chi connectivity index (χ4n) is 2.86. The molecule has 4 heteroatoms. The Labute approximate surface area is 116 Å². The van der Waals surface area contributed by atoms with Crippen molar-refractivity contribution in [3.63, 3.8) is 0 Å². The number of halogens is 1. The number of aliphatic hydroxyl groups is 1. The van der Waals surface area contributed by atoms with E-state index in [9.17, 15) is 9.50 Å². The van der Waals surface area contributed by atoms with E-state index in [0.717, 1.165) is 37.0 Å². The molecule has 4 rings (SSSR count). The van der Waals surface area contributed by atoms with Gasteiger partial charge in [0.1, 0.15) is 17.3 Å². The Bertz CT molecular complexity index is 656. The first-order valence-corrected chi connectivity index (χ1v) is 7.17. The molecule has 0 bridgehead atoms. The number of aromatic nitrogens is 1. The van der Waals surface area contributed by atoms with E-state index in [-0.39, 0.29) is 12.4 Å². The van der Waals surface area contributed by atoms with E-state index in [4.69, 9.17) is 4.52 Å². The van der Waals surface area contributed by atoms with Crippen molar-refractivity contribution in [2.45, 2.75) is 44.1 Å². The average molecular weight is 273 g/mol. The molecule has 0 spiro atoms. The standard InChI is InChI=1S/C16H16FNO2/c17-13-3-1-2-11(9-4-5-9)14(13)15-12(8-19)16(20-18-15)10-6-7-10/h1-3,9-10,19H,4-8H2. The lowest BCUT2D eigenvalue weighted by atomic mass is 9.96. The van der Waals surface area contributed by atoms with Crippen LogP contribution in [0.3, 0.4) is 0 Å². The second-order valence-electron chi connectivity index (χ2n) is 5.78. The minimum atomic E-state index is -0.278. The highest BCUT2D eigenvalue weighted by Crippen LogP contribution is 2.48. The van der Waals surface area contributed by atoms with E-state index < -0.39 is 0 Å². The SMILES string of the molecule is OCc1c(-c2c(F)cccc2C2CC2)noc1C1CC1. The number of nitrogens with zero attached hydrogens (tertiary/aromatic N) is 1. The monoisotopic (exact) mass is 273 g/mol. The van der Waals surface area contributed by atoms with Gasteiger partial charge < -0.3 is 9.63 Å². The predicted molar refractivity (Wildman–Crippen MR) is 71.8 cm³/mol. The summed E-state index contributed by atoms with van der Waals surface area (Å²) in [5.74, 6) is 1.25. The van der Waals surface area contributed by atoms with E-state index in [0.29, 0.717) is 28.7 Å². The van der Waals surface area contributed by atoms with E-state index in [2.05, 4.69) is 5.16 Å². The summed E-state index contributed by atoms with van der Waals surface area (Å²) in [6.07, 6.45) is 4.32. The first-order chi connectivity index (χ1) is 9.79. The maximum Gasteiger partial charge on any atom is 0.145 e. The third kappa shape index (κ3) is 1.86. The zero-order valence-electron chi connectivity index (χ0n) is 11.1. The van der Waals surface area contributed by atoms with Gasteiger partial charge in [0.15, 0.2) is 0 Å². The van der Waals surface area contributed by atoms with Gasteiger partial charge in [-0.2, -0.15) is 0 Å². The lowest BCUT2D eigenvalue weighted by Gasteiger charge is -2.08. The molecule has 0 radical (unpaired) electrons. The molecule has 0 saturated heterocycles. The second kappa shape index (κ2) is 4.42. The van der Waals surface area contributed by atoms with Gasteiger partial charge in [-0.3, -0.25) is 0 Å². The molecular weight excluding hydrogens is 257 g/mol. The number of rotatable bonds is 4. The van der Waals surface area contributed by atoms with Crippen LogP contribution >= 0.6 is 0 Å². The minimum Gasteiger partial charge on any atom is -0.391 e. The van der Waals surface area contributed by atoms with Crippen LogP contribution in [0.1, 0.15) is 54.4 Å². The Morgan fingerprint density at radius 1 is 1.20 bits per heavy atom. The molecule has 1 aromatic carbocycles. The molecule has 1 N–H and O–H groups in total. The minimum absolute atomic E-state index is 0.150. The van der Waals surface area contributed by atoms with Crippen molar-refractivity contribution < 1.29 is 14.0 Å². The van der Waals surface area contributed by atoms with Crippen LogP contribution < -0.4 is 0 Å². The Balaban J connectivity index is 1.88. The van der Waals surface area contributed by atoms with Crippen molar-refractivity contribution in [1.82, 2.24) is 5.16 Å². The highest BCUT2D eigenvalue weighted by atomic mass is 19.1. The molecule has 0 aliphatic heterocycles. The quantitative estimate of drug-likeness (QED) is 0.923. The van der Waals surface area contributed by atoms with Crippen molar-refractivity contribution in [2.24, 2.45) is 0 Å². The molecule has 2 aliphatic rings. The molecule has 1 aromatic heterocycles. The zero-order chi connectivity index (χ0) is 13.7. The molecule has 2 fully saturated rings. The molecule has 2 saturated carbocycles. The van der Waals surface area contributed by atoms with Crippen LogP contribution in [0.2, 0.25) is 0 Å². The maximum atomic E-state index is 14.3. The summed E-state index contributed by atoms with van der Waals surface area (Å²) in [6.45, 7) is -0.150. The van der Waals surface area contributed by atoms with E-state index in [1.165, 1.54) is 6.07 Å². The second-order valence-corrected chi connectivity index (χ2v) is 5.78. The summed E-state index contributed by atoms with van der Waals surface area (Å²) >= 11 is 0. The Morgan fingerprint density at radius 2 is 1.95 bits per heavy atom. The van der Waals surface area contributed by atoms with Gasteiger partial charge in [-0.1, -0.05) is 17.3 Å². The number of benzene rings is 1. The molecule has 3 nitrogen and oxygen atoms in total. The molecule has 0 unspecified atom stereocenters. The molecule has 104 valence electrons. The van der Waals surface area contributed by atoms with Gasteiger partial charge in [0.25, 0.3) is 0 Å². The third-order valence-corrected chi connectivity index (χ3v) is 4.22. The van der Waals surface area contributed by atoms with Gasteiger partial charge in [-0.15, -0.1) is 0 Å². The van der Waals surface area contributed by atoms with Gasteiger partial charge in [0, 0.05) is 17.0 Å². The average Bonchev–Trinajstić information content (AvgIpc) is 3.35. The van der Waals surface area contributed by atoms with E-state index in [1.807, 2.05) is 6.07 Å². The van der Waals surface area contributed by atoms with Gasteiger partial charge >= 0.3 is 0 Å². The largest absolute Gasteiger partial charge is 0.391 e. The first kappa shape index (κ1) is 12.1. The fraction of sp³-hybridized carbons (Fsp3) is 0.438. The van der Waals surface area contributed by atoms with Crippen molar-refractivity contribution in [2.75, 3.05) is 0 Å². The van der Waals surface area contributed by atoms with Crippen molar-refractivity contribution in [3.8, 4) is 11.3 Å². The smallest absolute Gasteiger partial charge is 0.145 e. The summed E-state index contributed by atoms with van der Waals surface area (Å²) in [6, 6.07) is 5.16. The Morgan fingerprint density at radius 3 is 2.60 bits per heavy atom. The summed E-state index contributed by atoms with van der Waals surface area (Å²) < 4.78 is 19.7.